The van der Waals surface area contributed by atoms with Crippen LogP contribution in [-0.4, -0.2) is 70.0 Å². The summed E-state index contributed by atoms with van der Waals surface area (Å²) in [5.41, 5.74) is 0. The first-order valence-electron chi connectivity index (χ1n) is 29.2. The molecular weight excluding hydrogens is 858 g/mol. The van der Waals surface area contributed by atoms with E-state index in [0.717, 1.165) is 32.1 Å². The zero-order chi connectivity index (χ0) is 49.2. The third kappa shape index (κ3) is 54.2. The van der Waals surface area contributed by atoms with E-state index < -0.39 is 26.5 Å². The first kappa shape index (κ1) is 66.0. The third-order valence-electron chi connectivity index (χ3n) is 13.4. The van der Waals surface area contributed by atoms with Crippen molar-refractivity contribution in [2.75, 3.05) is 47.5 Å². The fourth-order valence-corrected chi connectivity index (χ4v) is 9.57. The Morgan fingerprint density at radius 2 is 0.672 bits per heavy atom. The van der Waals surface area contributed by atoms with Crippen molar-refractivity contribution in [3.05, 3.63) is 0 Å². The molecule has 0 aromatic carbocycles. The quantitative estimate of drug-likeness (QED) is 0.0256. The van der Waals surface area contributed by atoms with Gasteiger partial charge in [0.05, 0.1) is 27.7 Å². The Labute approximate surface area is 416 Å². The topological polar surface area (TPSA) is 111 Å². The highest BCUT2D eigenvalue weighted by Crippen LogP contribution is 2.38. The molecule has 2 unspecified atom stereocenters. The maximum absolute atomic E-state index is 12.8. The molecule has 67 heavy (non-hydrogen) atoms. The number of carbonyl (C=O) groups is 2. The maximum atomic E-state index is 12.8. The Hall–Kier alpha value is -0.990. The van der Waals surface area contributed by atoms with Gasteiger partial charge in [0.25, 0.3) is 7.82 Å². The number of quaternary nitrogens is 1. The van der Waals surface area contributed by atoms with Crippen molar-refractivity contribution >= 4 is 19.8 Å². The second-order valence-corrected chi connectivity index (χ2v) is 22.8. The number of unbranched alkanes of at least 4 members (excludes halogenated alkanes) is 41. The summed E-state index contributed by atoms with van der Waals surface area (Å²) >= 11 is 0. The van der Waals surface area contributed by atoms with E-state index in [1.807, 2.05) is 21.1 Å². The van der Waals surface area contributed by atoms with Crippen LogP contribution < -0.4 is 4.89 Å². The maximum Gasteiger partial charge on any atom is 0.306 e. The number of esters is 2. The van der Waals surface area contributed by atoms with E-state index in [2.05, 4.69) is 13.8 Å². The van der Waals surface area contributed by atoms with Crippen LogP contribution in [0, 0.1) is 0 Å². The number of hydrogen-bond acceptors (Lipinski definition) is 8. The minimum Gasteiger partial charge on any atom is -0.756 e. The van der Waals surface area contributed by atoms with Crippen LogP contribution in [0.25, 0.3) is 0 Å². The van der Waals surface area contributed by atoms with Gasteiger partial charge in [0.1, 0.15) is 19.8 Å². The number of nitrogens with zero attached hydrogens (tertiary/aromatic N) is 1. The summed E-state index contributed by atoms with van der Waals surface area (Å²) in [7, 11) is 1.19. The Balaban J connectivity index is 4.10. The van der Waals surface area contributed by atoms with Crippen LogP contribution in [-0.2, 0) is 32.7 Å². The molecule has 9 nitrogen and oxygen atoms in total. The molecule has 0 aromatic rings. The minimum absolute atomic E-state index is 0.0251. The lowest BCUT2D eigenvalue weighted by molar-refractivity contribution is -0.870. The third-order valence-corrected chi connectivity index (χ3v) is 14.3. The predicted octanol–water partition coefficient (Wildman–Crippen LogP) is 17.2. The van der Waals surface area contributed by atoms with Gasteiger partial charge in [-0.25, -0.2) is 0 Å². The predicted molar refractivity (Wildman–Crippen MR) is 282 cm³/mol. The van der Waals surface area contributed by atoms with Crippen molar-refractivity contribution in [1.82, 2.24) is 0 Å². The standard InChI is InChI=1S/C57H114NO8P/c1-6-8-10-12-14-16-18-20-22-24-26-28-29-30-32-33-35-37-39-41-43-45-47-49-56(59)63-53-55(54-65-67(61,62)64-52-51-58(3,4)5)66-57(60)50-48-46-44-42-40-38-36-34-31-27-25-23-21-19-17-15-13-11-9-7-2/h55H,6-54H2,1-5H3. The second-order valence-electron chi connectivity index (χ2n) is 21.4. The van der Waals surface area contributed by atoms with E-state index >= 15 is 0 Å². The molecule has 0 aliphatic heterocycles. The average molecular weight is 973 g/mol. The summed E-state index contributed by atoms with van der Waals surface area (Å²) in [6, 6.07) is 0. The minimum atomic E-state index is -4.63. The Kier molecular flexibility index (Phi) is 49.2. The molecule has 0 aromatic heterocycles. The first-order valence-corrected chi connectivity index (χ1v) is 30.7. The number of rotatable bonds is 55. The molecule has 0 saturated heterocycles. The molecule has 0 N–H and O–H groups in total. The molecule has 400 valence electrons. The van der Waals surface area contributed by atoms with Crippen LogP contribution in [0.15, 0.2) is 0 Å². The molecule has 10 heteroatoms. The number of likely N-dealkylation sites (N-methyl/N-ethyl adjacent to an activating group) is 1. The van der Waals surface area contributed by atoms with Crippen LogP contribution in [0.2, 0.25) is 0 Å². The van der Waals surface area contributed by atoms with Crippen LogP contribution in [0.3, 0.4) is 0 Å². The van der Waals surface area contributed by atoms with Crippen LogP contribution >= 0.6 is 7.82 Å². The molecule has 0 radical (unpaired) electrons. The van der Waals surface area contributed by atoms with Crippen molar-refractivity contribution in [2.45, 2.75) is 309 Å². The van der Waals surface area contributed by atoms with Gasteiger partial charge < -0.3 is 27.9 Å². The van der Waals surface area contributed by atoms with Crippen LogP contribution in [0.5, 0.6) is 0 Å². The molecule has 0 aliphatic rings. The van der Waals surface area contributed by atoms with Gasteiger partial charge in [-0.2, -0.15) is 0 Å². The fraction of sp³-hybridized carbons (Fsp3) is 0.965. The van der Waals surface area contributed by atoms with E-state index in [9.17, 15) is 19.0 Å². The highest BCUT2D eigenvalue weighted by Gasteiger charge is 2.22. The van der Waals surface area contributed by atoms with E-state index in [0.29, 0.717) is 17.4 Å². The fourth-order valence-electron chi connectivity index (χ4n) is 8.84. The monoisotopic (exact) mass is 972 g/mol. The van der Waals surface area contributed by atoms with Gasteiger partial charge in [0.2, 0.25) is 0 Å². The highest BCUT2D eigenvalue weighted by atomic mass is 31.2. The first-order chi connectivity index (χ1) is 32.5. The second kappa shape index (κ2) is 50.0. The van der Waals surface area contributed by atoms with Gasteiger partial charge in [-0.1, -0.05) is 277 Å². The van der Waals surface area contributed by atoms with E-state index in [1.54, 1.807) is 0 Å². The van der Waals surface area contributed by atoms with Gasteiger partial charge in [-0.3, -0.25) is 14.2 Å². The molecule has 0 bridgehead atoms. The van der Waals surface area contributed by atoms with E-state index in [1.165, 1.54) is 238 Å². The molecule has 0 fully saturated rings. The number of phosphoric ester groups is 1. The number of hydrogen-bond donors (Lipinski definition) is 0. The zero-order valence-electron chi connectivity index (χ0n) is 45.4. The van der Waals surface area contributed by atoms with Crippen LogP contribution in [0.1, 0.15) is 303 Å². The van der Waals surface area contributed by atoms with Crippen molar-refractivity contribution in [3.8, 4) is 0 Å². The lowest BCUT2D eigenvalue weighted by Gasteiger charge is -2.28. The molecule has 0 rings (SSSR count). The van der Waals surface area contributed by atoms with Crippen molar-refractivity contribution in [3.63, 3.8) is 0 Å². The molecule has 0 aliphatic carbocycles. The lowest BCUT2D eigenvalue weighted by Crippen LogP contribution is -2.37. The van der Waals surface area contributed by atoms with Crippen molar-refractivity contribution in [2.24, 2.45) is 0 Å². The van der Waals surface area contributed by atoms with Gasteiger partial charge >= 0.3 is 11.9 Å². The summed E-state index contributed by atoms with van der Waals surface area (Å²) in [5.74, 6) is -0.809. The largest absolute Gasteiger partial charge is 0.756 e. The smallest absolute Gasteiger partial charge is 0.306 e. The van der Waals surface area contributed by atoms with E-state index in [4.69, 9.17) is 18.5 Å². The van der Waals surface area contributed by atoms with Gasteiger partial charge in [-0.05, 0) is 12.8 Å². The molecule has 2 atom stereocenters. The van der Waals surface area contributed by atoms with Gasteiger partial charge in [-0.15, -0.1) is 0 Å². The van der Waals surface area contributed by atoms with E-state index in [-0.39, 0.29) is 32.0 Å². The molecule has 0 amide bonds. The number of carbonyl (C=O) groups excluding carboxylic acids is 2. The lowest BCUT2D eigenvalue weighted by atomic mass is 10.0. The summed E-state index contributed by atoms with van der Waals surface area (Å²) in [6.45, 7) is 4.32. The molecule has 0 heterocycles. The summed E-state index contributed by atoms with van der Waals surface area (Å²) < 4.78 is 34.2. The summed E-state index contributed by atoms with van der Waals surface area (Å²) in [6.07, 6.45) is 55.7. The number of ether oxygens (including phenoxy) is 2. The Bertz CT molecular complexity index is 1100. The summed E-state index contributed by atoms with van der Waals surface area (Å²) in [4.78, 5) is 37.8. The van der Waals surface area contributed by atoms with Crippen LogP contribution in [0.4, 0.5) is 0 Å². The molecule has 0 saturated carbocycles. The van der Waals surface area contributed by atoms with Gasteiger partial charge in [0.15, 0.2) is 6.10 Å². The summed E-state index contributed by atoms with van der Waals surface area (Å²) in [5, 5.41) is 0. The van der Waals surface area contributed by atoms with Gasteiger partial charge in [0, 0.05) is 12.8 Å². The normalized spacial score (nSPS) is 13.2. The number of phosphoric acid groups is 1. The van der Waals surface area contributed by atoms with Crippen molar-refractivity contribution in [1.29, 1.82) is 0 Å². The average Bonchev–Trinajstić information content (AvgIpc) is 3.29. The van der Waals surface area contributed by atoms with Crippen molar-refractivity contribution < 1.29 is 42.1 Å². The molecular formula is C57H114NO8P. The Morgan fingerprint density at radius 3 is 0.955 bits per heavy atom. The zero-order valence-corrected chi connectivity index (χ0v) is 46.3. The molecule has 0 spiro atoms. The Morgan fingerprint density at radius 1 is 0.403 bits per heavy atom. The highest BCUT2D eigenvalue weighted by molar-refractivity contribution is 7.45. The SMILES string of the molecule is CCCCCCCCCCCCCCCCCCCCCCCCCC(=O)OCC(COP(=O)([O-])OCC[N+](C)(C)C)OC(=O)CCCCCCCCCCCCCCCCCCCCCC.